The molecule has 8 heteroatoms. The van der Waals surface area contributed by atoms with Gasteiger partial charge in [-0.3, -0.25) is 9.63 Å². The van der Waals surface area contributed by atoms with Crippen LogP contribution in [0.15, 0.2) is 12.1 Å². The third kappa shape index (κ3) is 5.93. The van der Waals surface area contributed by atoms with Crippen LogP contribution in [-0.4, -0.2) is 74.7 Å². The van der Waals surface area contributed by atoms with E-state index in [1.807, 2.05) is 20.8 Å². The van der Waals surface area contributed by atoms with Gasteiger partial charge >= 0.3 is 5.97 Å². The van der Waals surface area contributed by atoms with Crippen molar-refractivity contribution in [2.75, 3.05) is 47.1 Å². The van der Waals surface area contributed by atoms with E-state index in [0.29, 0.717) is 39.1 Å². The number of benzene rings is 1. The smallest absolute Gasteiger partial charge is 0.334 e. The van der Waals surface area contributed by atoms with Crippen LogP contribution >= 0.6 is 0 Å². The molecule has 33 heavy (non-hydrogen) atoms. The quantitative estimate of drug-likeness (QED) is 0.434. The molecule has 2 aliphatic rings. The summed E-state index contributed by atoms with van der Waals surface area (Å²) < 4.78 is 10.8. The summed E-state index contributed by atoms with van der Waals surface area (Å²) in [6.45, 7) is 8.74. The van der Waals surface area contributed by atoms with Gasteiger partial charge in [0.25, 0.3) is 5.91 Å². The number of piperidine rings is 1. The highest BCUT2D eigenvalue weighted by Gasteiger charge is 2.51. The predicted molar refractivity (Wildman–Crippen MR) is 123 cm³/mol. The number of hydrogen-bond acceptors (Lipinski definition) is 7. The maximum atomic E-state index is 13.8. The zero-order valence-corrected chi connectivity index (χ0v) is 20.6. The highest BCUT2D eigenvalue weighted by atomic mass is 16.7. The lowest BCUT2D eigenvalue weighted by Crippen LogP contribution is -2.62. The van der Waals surface area contributed by atoms with E-state index in [1.54, 1.807) is 12.2 Å². The first-order chi connectivity index (χ1) is 15.8. The fourth-order valence-corrected chi connectivity index (χ4v) is 4.98. The Morgan fingerprint density at radius 2 is 1.82 bits per heavy atom. The molecule has 3 rings (SSSR count). The fraction of sp³-hybridized carbons (Fsp3) is 0.680. The van der Waals surface area contributed by atoms with E-state index in [1.165, 1.54) is 12.2 Å². The van der Waals surface area contributed by atoms with Crippen molar-refractivity contribution in [1.82, 2.24) is 10.1 Å². The molecule has 0 bridgehead atoms. The molecule has 2 heterocycles. The Kier molecular flexibility index (Phi) is 8.87. The average molecular weight is 463 g/mol. The third-order valence-electron chi connectivity index (χ3n) is 6.85. The summed E-state index contributed by atoms with van der Waals surface area (Å²) in [5.74, 6) is -0.507. The Bertz CT molecular complexity index is 805. The van der Waals surface area contributed by atoms with Gasteiger partial charge in [-0.2, -0.15) is 5.06 Å². The highest BCUT2D eigenvalue weighted by Crippen LogP contribution is 2.33. The number of aryl methyl sites for hydroxylation is 3. The van der Waals surface area contributed by atoms with Crippen molar-refractivity contribution in [2.24, 2.45) is 5.92 Å². The largest absolute Gasteiger partial charge is 0.467 e. The Balaban J connectivity index is 1.90. The first kappa shape index (κ1) is 25.6. The van der Waals surface area contributed by atoms with E-state index >= 15 is 0 Å². The second kappa shape index (κ2) is 11.4. The van der Waals surface area contributed by atoms with Gasteiger partial charge in [-0.05, 0) is 63.1 Å². The molecule has 2 aliphatic heterocycles. The standard InChI is InChI=1S/C25H38N2O6/c1-18-13-19(2)22(20(3)14-18)15-23(28)27(33-17-21-7-6-12-32-16-21)25(24(29)30-4)8-10-26(31-5)11-9-25/h13-14,21H,6-12,15-17H2,1-5H3. The molecular weight excluding hydrogens is 424 g/mol. The molecule has 1 aromatic rings. The van der Waals surface area contributed by atoms with Crippen LogP contribution in [0.4, 0.5) is 0 Å². The molecule has 1 aromatic carbocycles. The average Bonchev–Trinajstić information content (AvgIpc) is 2.82. The highest BCUT2D eigenvalue weighted by molar-refractivity contribution is 5.88. The molecule has 0 spiro atoms. The maximum Gasteiger partial charge on any atom is 0.334 e. The van der Waals surface area contributed by atoms with Crippen LogP contribution in [0.3, 0.4) is 0 Å². The minimum atomic E-state index is -1.19. The molecule has 1 unspecified atom stereocenters. The van der Waals surface area contributed by atoms with Crippen molar-refractivity contribution < 1.29 is 28.7 Å². The zero-order valence-electron chi connectivity index (χ0n) is 20.6. The summed E-state index contributed by atoms with van der Waals surface area (Å²) in [7, 11) is 2.97. The molecule has 2 saturated heterocycles. The maximum absolute atomic E-state index is 13.8. The number of amides is 1. The number of rotatable bonds is 8. The van der Waals surface area contributed by atoms with Gasteiger partial charge in [0.2, 0.25) is 0 Å². The molecule has 0 radical (unpaired) electrons. The number of ether oxygens (including phenoxy) is 2. The van der Waals surface area contributed by atoms with E-state index in [2.05, 4.69) is 12.1 Å². The summed E-state index contributed by atoms with van der Waals surface area (Å²) in [6, 6.07) is 4.15. The SMILES string of the molecule is COC(=O)C1(N(OCC2CCCOC2)C(=O)Cc2c(C)cc(C)cc2C)CCN(OC)CC1. The van der Waals surface area contributed by atoms with Crippen LogP contribution in [0.25, 0.3) is 0 Å². The van der Waals surface area contributed by atoms with E-state index in [4.69, 9.17) is 19.1 Å². The number of methoxy groups -OCH3 is 1. The topological polar surface area (TPSA) is 77.5 Å². The second-order valence-electron chi connectivity index (χ2n) is 9.26. The van der Waals surface area contributed by atoms with Crippen molar-refractivity contribution in [1.29, 1.82) is 0 Å². The molecule has 0 aromatic heterocycles. The number of hydroxylamine groups is 4. The summed E-state index contributed by atoms with van der Waals surface area (Å²) in [5.41, 5.74) is 3.05. The Morgan fingerprint density at radius 1 is 1.15 bits per heavy atom. The molecule has 1 atom stereocenters. The van der Waals surface area contributed by atoms with Crippen LogP contribution in [0.2, 0.25) is 0 Å². The molecule has 0 N–H and O–H groups in total. The van der Waals surface area contributed by atoms with Crippen molar-refractivity contribution in [3.05, 3.63) is 34.4 Å². The van der Waals surface area contributed by atoms with Crippen LogP contribution in [-0.2, 0) is 35.2 Å². The number of carbonyl (C=O) groups is 2. The zero-order chi connectivity index (χ0) is 24.0. The molecule has 2 fully saturated rings. The van der Waals surface area contributed by atoms with E-state index < -0.39 is 11.5 Å². The van der Waals surface area contributed by atoms with Crippen LogP contribution in [0.5, 0.6) is 0 Å². The Labute approximate surface area is 197 Å². The molecule has 0 aliphatic carbocycles. The summed E-state index contributed by atoms with van der Waals surface area (Å²) in [5, 5.41) is 3.12. The number of carbonyl (C=O) groups excluding carboxylic acids is 2. The molecular formula is C25H38N2O6. The Hall–Kier alpha value is -2.00. The van der Waals surface area contributed by atoms with Gasteiger partial charge in [0, 0.05) is 25.6 Å². The van der Waals surface area contributed by atoms with Gasteiger partial charge < -0.3 is 14.3 Å². The summed E-state index contributed by atoms with van der Waals surface area (Å²) in [6.07, 6.45) is 2.83. The minimum Gasteiger partial charge on any atom is -0.467 e. The summed E-state index contributed by atoms with van der Waals surface area (Å²) >= 11 is 0. The lowest BCUT2D eigenvalue weighted by molar-refractivity contribution is -0.253. The van der Waals surface area contributed by atoms with E-state index in [-0.39, 0.29) is 18.2 Å². The van der Waals surface area contributed by atoms with Crippen molar-refractivity contribution >= 4 is 11.9 Å². The number of nitrogens with zero attached hydrogens (tertiary/aromatic N) is 2. The first-order valence-corrected chi connectivity index (χ1v) is 11.8. The minimum absolute atomic E-state index is 0.159. The summed E-state index contributed by atoms with van der Waals surface area (Å²) in [4.78, 5) is 38.4. The van der Waals surface area contributed by atoms with Gasteiger partial charge in [0.1, 0.15) is 0 Å². The predicted octanol–water partition coefficient (Wildman–Crippen LogP) is 2.91. The van der Waals surface area contributed by atoms with Gasteiger partial charge in [-0.15, -0.1) is 0 Å². The van der Waals surface area contributed by atoms with E-state index in [0.717, 1.165) is 41.7 Å². The van der Waals surface area contributed by atoms with Gasteiger partial charge in [-0.25, -0.2) is 9.86 Å². The molecule has 184 valence electrons. The van der Waals surface area contributed by atoms with Crippen molar-refractivity contribution in [3.8, 4) is 0 Å². The van der Waals surface area contributed by atoms with Crippen LogP contribution in [0.1, 0.15) is 47.9 Å². The third-order valence-corrected chi connectivity index (χ3v) is 6.85. The molecule has 8 nitrogen and oxygen atoms in total. The van der Waals surface area contributed by atoms with Crippen molar-refractivity contribution in [3.63, 3.8) is 0 Å². The Morgan fingerprint density at radius 3 is 2.36 bits per heavy atom. The normalized spacial score (nSPS) is 20.9. The number of hydrogen-bond donors (Lipinski definition) is 0. The lowest BCUT2D eigenvalue weighted by Gasteiger charge is -2.45. The van der Waals surface area contributed by atoms with Gasteiger partial charge in [0.15, 0.2) is 5.54 Å². The molecule has 0 saturated carbocycles. The molecule has 1 amide bonds. The lowest BCUT2D eigenvalue weighted by atomic mass is 9.86. The first-order valence-electron chi connectivity index (χ1n) is 11.8. The monoisotopic (exact) mass is 462 g/mol. The fourth-order valence-electron chi connectivity index (χ4n) is 4.98. The van der Waals surface area contributed by atoms with Gasteiger partial charge in [-0.1, -0.05) is 17.7 Å². The van der Waals surface area contributed by atoms with Crippen molar-refractivity contribution in [2.45, 2.75) is 58.4 Å². The van der Waals surface area contributed by atoms with Crippen LogP contribution < -0.4 is 0 Å². The van der Waals surface area contributed by atoms with E-state index in [9.17, 15) is 9.59 Å². The van der Waals surface area contributed by atoms with Crippen LogP contribution in [0, 0.1) is 26.7 Å². The second-order valence-corrected chi connectivity index (χ2v) is 9.26. The number of esters is 1. The van der Waals surface area contributed by atoms with Gasteiger partial charge in [0.05, 0.1) is 33.9 Å².